The fourth-order valence-electron chi connectivity index (χ4n) is 2.31. The molecule has 0 radical (unpaired) electrons. The van der Waals surface area contributed by atoms with Crippen molar-refractivity contribution in [3.63, 3.8) is 0 Å². The number of morpholine rings is 1. The van der Waals surface area contributed by atoms with Gasteiger partial charge >= 0.3 is 0 Å². The second-order valence-corrected chi connectivity index (χ2v) is 7.37. The zero-order valence-electron chi connectivity index (χ0n) is 13.3. The summed E-state index contributed by atoms with van der Waals surface area (Å²) in [4.78, 5) is 13.2. The van der Waals surface area contributed by atoms with Gasteiger partial charge < -0.3 is 15.0 Å². The van der Waals surface area contributed by atoms with Crippen LogP contribution >= 0.6 is 0 Å². The maximum Gasteiger partial charge on any atom is 0.275 e. The van der Waals surface area contributed by atoms with Crippen LogP contribution in [0, 0.1) is 6.92 Å². The number of ether oxygens (including phenoxy) is 1. The first-order chi connectivity index (χ1) is 11.0. The van der Waals surface area contributed by atoms with Gasteiger partial charge in [-0.25, -0.2) is 13.1 Å². The average molecular weight is 342 g/mol. The van der Waals surface area contributed by atoms with E-state index in [9.17, 15) is 13.2 Å². The highest BCUT2D eigenvalue weighted by Crippen LogP contribution is 2.09. The van der Waals surface area contributed by atoms with Gasteiger partial charge in [0, 0.05) is 13.1 Å². The van der Waals surface area contributed by atoms with Gasteiger partial charge in [-0.2, -0.15) is 0 Å². The maximum absolute atomic E-state index is 12.1. The molecular formula is C15H24N3O4S+. The van der Waals surface area contributed by atoms with Gasteiger partial charge in [0.05, 0.1) is 18.1 Å². The van der Waals surface area contributed by atoms with E-state index in [0.717, 1.165) is 18.7 Å². The Hall–Kier alpha value is -1.48. The molecule has 0 saturated carbocycles. The smallest absolute Gasteiger partial charge is 0.275 e. The van der Waals surface area contributed by atoms with Crippen molar-refractivity contribution in [2.75, 3.05) is 45.9 Å². The van der Waals surface area contributed by atoms with Gasteiger partial charge in [-0.15, -0.1) is 0 Å². The Labute approximate surface area is 137 Å². The molecule has 2 rings (SSSR count). The van der Waals surface area contributed by atoms with Crippen molar-refractivity contribution >= 4 is 15.9 Å². The number of rotatable bonds is 7. The van der Waals surface area contributed by atoms with Crippen molar-refractivity contribution in [2.45, 2.75) is 11.8 Å². The first kappa shape index (κ1) is 17.9. The summed E-state index contributed by atoms with van der Waals surface area (Å²) in [6.45, 7) is 5.75. The summed E-state index contributed by atoms with van der Waals surface area (Å²) in [5.74, 6) is -0.0727. The summed E-state index contributed by atoms with van der Waals surface area (Å²) in [7, 11) is -3.53. The molecule has 8 heteroatoms. The molecule has 7 nitrogen and oxygen atoms in total. The van der Waals surface area contributed by atoms with E-state index < -0.39 is 10.0 Å². The van der Waals surface area contributed by atoms with Crippen molar-refractivity contribution in [3.05, 3.63) is 29.8 Å². The van der Waals surface area contributed by atoms with Crippen LogP contribution in [0.4, 0.5) is 0 Å². The van der Waals surface area contributed by atoms with E-state index >= 15 is 0 Å². The molecule has 0 spiro atoms. The largest absolute Gasteiger partial charge is 0.370 e. The quantitative estimate of drug-likeness (QED) is 0.516. The minimum absolute atomic E-state index is 0.0727. The second-order valence-electron chi connectivity index (χ2n) is 5.60. The molecule has 0 aliphatic carbocycles. The Balaban J connectivity index is 1.69. The molecule has 1 fully saturated rings. The Morgan fingerprint density at radius 2 is 1.83 bits per heavy atom. The van der Waals surface area contributed by atoms with Gasteiger partial charge in [0.1, 0.15) is 13.1 Å². The molecule has 1 saturated heterocycles. The van der Waals surface area contributed by atoms with Crippen LogP contribution in [0.25, 0.3) is 0 Å². The van der Waals surface area contributed by atoms with Crippen molar-refractivity contribution in [3.8, 4) is 0 Å². The Kier molecular flexibility index (Phi) is 6.52. The number of carbonyl (C=O) groups is 1. The van der Waals surface area contributed by atoms with E-state index in [1.807, 2.05) is 6.92 Å². The van der Waals surface area contributed by atoms with Crippen molar-refractivity contribution < 1.29 is 22.8 Å². The number of amides is 1. The monoisotopic (exact) mass is 342 g/mol. The van der Waals surface area contributed by atoms with E-state index in [0.29, 0.717) is 19.8 Å². The van der Waals surface area contributed by atoms with Crippen LogP contribution in [0.5, 0.6) is 0 Å². The van der Waals surface area contributed by atoms with E-state index in [-0.39, 0.29) is 23.9 Å². The number of hydrogen-bond acceptors (Lipinski definition) is 4. The molecule has 3 N–H and O–H groups in total. The van der Waals surface area contributed by atoms with Crippen LogP contribution < -0.4 is 14.9 Å². The minimum Gasteiger partial charge on any atom is -0.370 e. The molecule has 0 atom stereocenters. The highest BCUT2D eigenvalue weighted by molar-refractivity contribution is 7.89. The highest BCUT2D eigenvalue weighted by Gasteiger charge is 2.17. The molecule has 1 amide bonds. The fourth-order valence-corrected chi connectivity index (χ4v) is 3.35. The van der Waals surface area contributed by atoms with Gasteiger partial charge in [-0.1, -0.05) is 17.7 Å². The van der Waals surface area contributed by atoms with E-state index in [1.165, 1.54) is 4.90 Å². The molecule has 23 heavy (non-hydrogen) atoms. The number of aryl methyl sites for hydroxylation is 1. The van der Waals surface area contributed by atoms with Crippen molar-refractivity contribution in [1.29, 1.82) is 0 Å². The highest BCUT2D eigenvalue weighted by atomic mass is 32.2. The fraction of sp³-hybridized carbons (Fsp3) is 0.533. The van der Waals surface area contributed by atoms with Gasteiger partial charge in [0.25, 0.3) is 5.91 Å². The van der Waals surface area contributed by atoms with Crippen molar-refractivity contribution in [2.24, 2.45) is 0 Å². The van der Waals surface area contributed by atoms with Gasteiger partial charge in [0.2, 0.25) is 10.0 Å². The van der Waals surface area contributed by atoms with Crippen LogP contribution in [-0.4, -0.2) is 60.3 Å². The lowest BCUT2D eigenvalue weighted by Crippen LogP contribution is -3.15. The van der Waals surface area contributed by atoms with Gasteiger partial charge in [0.15, 0.2) is 6.54 Å². The summed E-state index contributed by atoms with van der Waals surface area (Å²) < 4.78 is 31.8. The number of benzene rings is 1. The summed E-state index contributed by atoms with van der Waals surface area (Å²) in [5, 5.41) is 2.74. The van der Waals surface area contributed by atoms with Crippen LogP contribution in [0.2, 0.25) is 0 Å². The molecule has 1 aliphatic rings. The van der Waals surface area contributed by atoms with E-state index in [1.54, 1.807) is 24.3 Å². The molecule has 128 valence electrons. The third-order valence-corrected chi connectivity index (χ3v) is 5.16. The topological polar surface area (TPSA) is 88.9 Å². The first-order valence-electron chi connectivity index (χ1n) is 7.72. The number of sulfonamides is 1. The predicted octanol–water partition coefficient (Wildman–Crippen LogP) is -1.70. The first-order valence-corrected chi connectivity index (χ1v) is 9.20. The number of hydrogen-bond donors (Lipinski definition) is 3. The van der Waals surface area contributed by atoms with Crippen LogP contribution in [0.15, 0.2) is 29.2 Å². The standard InChI is InChI=1S/C15H23N3O4S/c1-13-2-4-14(5-3-13)23(20,21)17-7-6-16-15(19)12-18-8-10-22-11-9-18/h2-5,17H,6-12H2,1H3,(H,16,19)/p+1. The van der Waals surface area contributed by atoms with Gasteiger partial charge in [-0.3, -0.25) is 4.79 Å². The Morgan fingerprint density at radius 3 is 2.48 bits per heavy atom. The van der Waals surface area contributed by atoms with Crippen LogP contribution in [0.1, 0.15) is 5.56 Å². The summed E-state index contributed by atoms with van der Waals surface area (Å²) in [6.07, 6.45) is 0. The molecule has 1 heterocycles. The number of quaternary nitrogens is 1. The van der Waals surface area contributed by atoms with Crippen LogP contribution in [-0.2, 0) is 19.6 Å². The second kappa shape index (κ2) is 8.39. The lowest BCUT2D eigenvalue weighted by Gasteiger charge is -2.23. The van der Waals surface area contributed by atoms with Crippen molar-refractivity contribution in [1.82, 2.24) is 10.0 Å². The zero-order chi connectivity index (χ0) is 16.7. The minimum atomic E-state index is -3.53. The Bertz CT molecular complexity index is 610. The van der Waals surface area contributed by atoms with Gasteiger partial charge in [-0.05, 0) is 19.1 Å². The predicted molar refractivity (Wildman–Crippen MR) is 85.8 cm³/mol. The third kappa shape index (κ3) is 5.91. The zero-order valence-corrected chi connectivity index (χ0v) is 14.1. The normalized spacial score (nSPS) is 16.2. The lowest BCUT2D eigenvalue weighted by molar-refractivity contribution is -0.900. The Morgan fingerprint density at radius 1 is 1.17 bits per heavy atom. The third-order valence-electron chi connectivity index (χ3n) is 3.68. The van der Waals surface area contributed by atoms with E-state index in [4.69, 9.17) is 4.74 Å². The average Bonchev–Trinajstić information content (AvgIpc) is 2.53. The SMILES string of the molecule is Cc1ccc(S(=O)(=O)NCCNC(=O)C[NH+]2CCOCC2)cc1. The molecular weight excluding hydrogens is 318 g/mol. The summed E-state index contributed by atoms with van der Waals surface area (Å²) >= 11 is 0. The summed E-state index contributed by atoms with van der Waals surface area (Å²) in [6, 6.07) is 6.64. The summed E-state index contributed by atoms with van der Waals surface area (Å²) in [5.41, 5.74) is 1.00. The molecule has 0 unspecified atom stereocenters. The number of carbonyl (C=O) groups excluding carboxylic acids is 1. The molecule has 1 aromatic carbocycles. The molecule has 1 aliphatic heterocycles. The number of nitrogens with one attached hydrogen (secondary N) is 3. The maximum atomic E-state index is 12.1. The lowest BCUT2D eigenvalue weighted by atomic mass is 10.2. The molecule has 0 bridgehead atoms. The molecule has 1 aromatic rings. The van der Waals surface area contributed by atoms with Crippen LogP contribution in [0.3, 0.4) is 0 Å². The molecule has 0 aromatic heterocycles. The van der Waals surface area contributed by atoms with E-state index in [2.05, 4.69) is 10.0 Å².